The summed E-state index contributed by atoms with van der Waals surface area (Å²) in [5, 5.41) is 3.57. The van der Waals surface area contributed by atoms with Gasteiger partial charge in [0.05, 0.1) is 23.5 Å². The number of rotatable bonds is 7. The zero-order valence-corrected chi connectivity index (χ0v) is 19.8. The fourth-order valence-electron chi connectivity index (χ4n) is 4.56. The Kier molecular flexibility index (Phi) is 8.51. The van der Waals surface area contributed by atoms with Gasteiger partial charge < -0.3 is 25.4 Å². The summed E-state index contributed by atoms with van der Waals surface area (Å²) >= 11 is 0. The van der Waals surface area contributed by atoms with Crippen LogP contribution in [0.4, 0.5) is 16.2 Å². The van der Waals surface area contributed by atoms with Gasteiger partial charge in [0, 0.05) is 45.7 Å². The summed E-state index contributed by atoms with van der Waals surface area (Å²) in [5.74, 6) is 0.697. The molecule has 3 N–H and O–H groups in total. The highest BCUT2D eigenvalue weighted by Crippen LogP contribution is 2.38. The van der Waals surface area contributed by atoms with Crippen LogP contribution in [-0.2, 0) is 14.3 Å². The lowest BCUT2D eigenvalue weighted by Gasteiger charge is -2.40. The SMILES string of the molecule is CC(=O)N1c2ccc(C(CN)CNCC3CCOCC3)cc2N(C(=O)OC(C)C)C[C@@H]1C. The highest BCUT2D eigenvalue weighted by Gasteiger charge is 2.35. The maximum absolute atomic E-state index is 12.8. The number of hydrogen-bond donors (Lipinski definition) is 2. The molecule has 1 saturated heterocycles. The van der Waals surface area contributed by atoms with Gasteiger partial charge in [0.1, 0.15) is 0 Å². The number of carbonyl (C=O) groups is 2. The van der Waals surface area contributed by atoms with E-state index in [2.05, 4.69) is 5.32 Å². The van der Waals surface area contributed by atoms with Crippen LogP contribution >= 0.6 is 0 Å². The van der Waals surface area contributed by atoms with Gasteiger partial charge in [0.2, 0.25) is 5.91 Å². The maximum Gasteiger partial charge on any atom is 0.414 e. The number of benzene rings is 1. The van der Waals surface area contributed by atoms with Crippen LogP contribution in [0.25, 0.3) is 0 Å². The summed E-state index contributed by atoms with van der Waals surface area (Å²) in [7, 11) is 0. The third-order valence-electron chi connectivity index (χ3n) is 6.25. The molecule has 2 amide bonds. The number of anilines is 2. The number of amides is 2. The number of hydrogen-bond acceptors (Lipinski definition) is 6. The molecule has 0 aliphatic carbocycles. The lowest BCUT2D eigenvalue weighted by atomic mass is 9.95. The summed E-state index contributed by atoms with van der Waals surface area (Å²) in [4.78, 5) is 28.6. The quantitative estimate of drug-likeness (QED) is 0.669. The second-order valence-electron chi connectivity index (χ2n) is 9.18. The molecule has 0 radical (unpaired) electrons. The first-order valence-corrected chi connectivity index (χ1v) is 11.7. The molecule has 0 bridgehead atoms. The molecule has 2 atom stereocenters. The molecule has 0 spiro atoms. The molecule has 0 aromatic heterocycles. The van der Waals surface area contributed by atoms with E-state index < -0.39 is 6.09 Å². The Morgan fingerprint density at radius 2 is 1.97 bits per heavy atom. The van der Waals surface area contributed by atoms with Crippen LogP contribution in [0.2, 0.25) is 0 Å². The second-order valence-corrected chi connectivity index (χ2v) is 9.18. The van der Waals surface area contributed by atoms with E-state index in [1.165, 1.54) is 0 Å². The Labute approximate surface area is 191 Å². The Bertz CT molecular complexity index is 794. The zero-order chi connectivity index (χ0) is 23.3. The highest BCUT2D eigenvalue weighted by molar-refractivity contribution is 6.02. The molecule has 1 fully saturated rings. The predicted octanol–water partition coefficient (Wildman–Crippen LogP) is 2.85. The van der Waals surface area contributed by atoms with Gasteiger partial charge in [-0.3, -0.25) is 9.69 Å². The normalized spacial score (nSPS) is 20.2. The molecule has 2 aliphatic rings. The van der Waals surface area contributed by atoms with Gasteiger partial charge in [-0.25, -0.2) is 4.79 Å². The molecule has 2 heterocycles. The van der Waals surface area contributed by atoms with Crippen LogP contribution in [0.15, 0.2) is 18.2 Å². The number of ether oxygens (including phenoxy) is 2. The van der Waals surface area contributed by atoms with E-state index in [0.29, 0.717) is 24.7 Å². The van der Waals surface area contributed by atoms with Gasteiger partial charge in [-0.1, -0.05) is 6.07 Å². The predicted molar refractivity (Wildman–Crippen MR) is 126 cm³/mol. The van der Waals surface area contributed by atoms with Crippen molar-refractivity contribution in [3.63, 3.8) is 0 Å². The third-order valence-corrected chi connectivity index (χ3v) is 6.25. The number of nitrogens with zero attached hydrogens (tertiary/aromatic N) is 2. The first-order valence-electron chi connectivity index (χ1n) is 11.7. The van der Waals surface area contributed by atoms with Crippen molar-refractivity contribution in [2.75, 3.05) is 49.2 Å². The number of nitrogens with two attached hydrogens (primary N) is 1. The van der Waals surface area contributed by atoms with Gasteiger partial charge in [0.25, 0.3) is 0 Å². The van der Waals surface area contributed by atoms with Gasteiger partial charge in [-0.2, -0.15) is 0 Å². The summed E-state index contributed by atoms with van der Waals surface area (Å²) in [5.41, 5.74) is 8.60. The third kappa shape index (κ3) is 5.79. The van der Waals surface area contributed by atoms with E-state index >= 15 is 0 Å². The van der Waals surface area contributed by atoms with Crippen molar-refractivity contribution in [1.29, 1.82) is 0 Å². The van der Waals surface area contributed by atoms with Crippen LogP contribution in [0.5, 0.6) is 0 Å². The van der Waals surface area contributed by atoms with Crippen LogP contribution < -0.4 is 20.9 Å². The largest absolute Gasteiger partial charge is 0.446 e. The topological polar surface area (TPSA) is 97.1 Å². The van der Waals surface area contributed by atoms with E-state index in [9.17, 15) is 9.59 Å². The highest BCUT2D eigenvalue weighted by atomic mass is 16.6. The van der Waals surface area contributed by atoms with E-state index in [-0.39, 0.29) is 24.0 Å². The standard InChI is InChI=1S/C24H38N4O4/c1-16(2)32-24(30)27-15-17(3)28(18(4)29)22-6-5-20(11-23(22)27)21(12-25)14-26-13-19-7-9-31-10-8-19/h5-6,11,16-17,19,21,26H,7-10,12-15,25H2,1-4H3/t17-,21?/m0/s1. The lowest BCUT2D eigenvalue weighted by molar-refractivity contribution is -0.117. The first-order chi connectivity index (χ1) is 15.3. The minimum absolute atomic E-state index is 0.0446. The van der Waals surface area contributed by atoms with Crippen LogP contribution in [-0.4, -0.2) is 63.5 Å². The molecule has 3 rings (SSSR count). The molecule has 2 aliphatic heterocycles. The molecule has 0 saturated carbocycles. The van der Waals surface area contributed by atoms with Crippen molar-refractivity contribution in [2.45, 2.75) is 58.6 Å². The fraction of sp³-hybridized carbons (Fsp3) is 0.667. The summed E-state index contributed by atoms with van der Waals surface area (Å²) in [6, 6.07) is 5.80. The van der Waals surface area contributed by atoms with Crippen molar-refractivity contribution in [3.8, 4) is 0 Å². The van der Waals surface area contributed by atoms with Gasteiger partial charge in [-0.15, -0.1) is 0 Å². The van der Waals surface area contributed by atoms with Crippen molar-refractivity contribution < 1.29 is 19.1 Å². The molecule has 32 heavy (non-hydrogen) atoms. The van der Waals surface area contributed by atoms with E-state index in [1.54, 1.807) is 16.7 Å². The van der Waals surface area contributed by atoms with E-state index in [1.807, 2.05) is 39.0 Å². The summed E-state index contributed by atoms with van der Waals surface area (Å²) < 4.78 is 10.9. The molecule has 8 heteroatoms. The van der Waals surface area contributed by atoms with E-state index in [0.717, 1.165) is 50.4 Å². The summed E-state index contributed by atoms with van der Waals surface area (Å²) in [6.45, 7) is 11.4. The van der Waals surface area contributed by atoms with Crippen molar-refractivity contribution in [1.82, 2.24) is 5.32 Å². The average molecular weight is 447 g/mol. The van der Waals surface area contributed by atoms with Gasteiger partial charge >= 0.3 is 6.09 Å². The average Bonchev–Trinajstić information content (AvgIpc) is 2.76. The smallest absolute Gasteiger partial charge is 0.414 e. The molecule has 178 valence electrons. The van der Waals surface area contributed by atoms with Crippen LogP contribution in [0.3, 0.4) is 0 Å². The number of carbonyl (C=O) groups excluding carboxylic acids is 2. The van der Waals surface area contributed by atoms with E-state index in [4.69, 9.17) is 15.2 Å². The molecule has 1 aromatic rings. The monoisotopic (exact) mass is 446 g/mol. The second kappa shape index (κ2) is 11.1. The molecular weight excluding hydrogens is 408 g/mol. The minimum atomic E-state index is -0.393. The molecule has 8 nitrogen and oxygen atoms in total. The van der Waals surface area contributed by atoms with Gasteiger partial charge in [0.15, 0.2) is 0 Å². The zero-order valence-electron chi connectivity index (χ0n) is 19.8. The summed E-state index contributed by atoms with van der Waals surface area (Å²) in [6.07, 6.45) is 1.56. The van der Waals surface area contributed by atoms with Crippen molar-refractivity contribution in [2.24, 2.45) is 11.7 Å². The van der Waals surface area contributed by atoms with Crippen molar-refractivity contribution in [3.05, 3.63) is 23.8 Å². The number of fused-ring (bicyclic) bond motifs is 1. The first kappa shape index (κ1) is 24.5. The fourth-order valence-corrected chi connectivity index (χ4v) is 4.56. The number of nitrogens with one attached hydrogen (secondary N) is 1. The Morgan fingerprint density at radius 3 is 2.59 bits per heavy atom. The Morgan fingerprint density at radius 1 is 1.25 bits per heavy atom. The molecule has 1 aromatic carbocycles. The van der Waals surface area contributed by atoms with Gasteiger partial charge in [-0.05, 0) is 63.8 Å². The molecular formula is C24H38N4O4. The lowest BCUT2D eigenvalue weighted by Crippen LogP contribution is -2.51. The maximum atomic E-state index is 12.8. The van der Waals surface area contributed by atoms with Crippen molar-refractivity contribution >= 4 is 23.4 Å². The Hall–Kier alpha value is -2.16. The Balaban J connectivity index is 1.81. The molecule has 1 unspecified atom stereocenters. The van der Waals surface area contributed by atoms with Crippen LogP contribution in [0, 0.1) is 5.92 Å². The minimum Gasteiger partial charge on any atom is -0.446 e. The van der Waals surface area contributed by atoms with Crippen LogP contribution in [0.1, 0.15) is 52.0 Å².